The van der Waals surface area contributed by atoms with E-state index in [0.29, 0.717) is 12.0 Å². The van der Waals surface area contributed by atoms with E-state index in [9.17, 15) is 15.2 Å². The summed E-state index contributed by atoms with van der Waals surface area (Å²) < 4.78 is 11.0. The van der Waals surface area contributed by atoms with Gasteiger partial charge >= 0.3 is 5.97 Å². The van der Waals surface area contributed by atoms with Gasteiger partial charge in [0.15, 0.2) is 5.41 Å². The summed E-state index contributed by atoms with van der Waals surface area (Å²) in [5.74, 6) is -0.821. The van der Waals surface area contributed by atoms with Crippen LogP contribution in [0.25, 0.3) is 0 Å². The van der Waals surface area contributed by atoms with Gasteiger partial charge in [0.2, 0.25) is 0 Å². The van der Waals surface area contributed by atoms with E-state index in [2.05, 4.69) is 6.07 Å². The SMILES string of the molecule is CC(=C([O-])OC1C2CC3C1OC(=O)C3(C#N)C2)C(C)(C)C. The van der Waals surface area contributed by atoms with Crippen molar-refractivity contribution >= 4 is 5.97 Å². The fourth-order valence-corrected chi connectivity index (χ4v) is 3.81. The predicted octanol–water partition coefficient (Wildman–Crippen LogP) is 1.48. The fraction of sp³-hybridized carbons (Fsp3) is 0.750. The Labute approximate surface area is 124 Å². The summed E-state index contributed by atoms with van der Waals surface area (Å²) in [6.07, 6.45) is 0.354. The summed E-state index contributed by atoms with van der Waals surface area (Å²) in [5.41, 5.74) is -0.584. The van der Waals surface area contributed by atoms with Crippen LogP contribution >= 0.6 is 0 Å². The third kappa shape index (κ3) is 1.78. The number of fused-ring (bicyclic) bond motifs is 1. The van der Waals surface area contributed by atoms with Crippen LogP contribution in [0.1, 0.15) is 40.5 Å². The summed E-state index contributed by atoms with van der Waals surface area (Å²) in [6, 6.07) is 2.15. The molecule has 2 saturated carbocycles. The van der Waals surface area contributed by atoms with Gasteiger partial charge in [-0.15, -0.1) is 0 Å². The van der Waals surface area contributed by atoms with Crippen LogP contribution in [0.5, 0.6) is 0 Å². The van der Waals surface area contributed by atoms with Crippen LogP contribution < -0.4 is 5.11 Å². The Bertz CT molecular complexity index is 568. The first-order valence-corrected chi connectivity index (χ1v) is 7.38. The second-order valence-electron chi connectivity index (χ2n) is 7.50. The van der Waals surface area contributed by atoms with Crippen molar-refractivity contribution in [1.29, 1.82) is 5.26 Å². The number of esters is 1. The Hall–Kier alpha value is -1.70. The molecule has 21 heavy (non-hydrogen) atoms. The molecule has 0 amide bonds. The van der Waals surface area contributed by atoms with Gasteiger partial charge in [0.1, 0.15) is 6.10 Å². The maximum Gasteiger partial charge on any atom is 0.327 e. The van der Waals surface area contributed by atoms with Crippen molar-refractivity contribution in [3.05, 3.63) is 11.5 Å². The number of nitrogens with zero attached hydrogens (tertiary/aromatic N) is 1. The zero-order valence-corrected chi connectivity index (χ0v) is 12.8. The second-order valence-corrected chi connectivity index (χ2v) is 7.50. The molecular weight excluding hydrogens is 270 g/mol. The monoisotopic (exact) mass is 290 g/mol. The molecule has 0 aromatic rings. The average Bonchev–Trinajstić information content (AvgIpc) is 2.98. The van der Waals surface area contributed by atoms with E-state index in [1.807, 2.05) is 20.8 Å². The minimum absolute atomic E-state index is 0.0582. The van der Waals surface area contributed by atoms with Crippen molar-refractivity contribution in [2.45, 2.75) is 52.7 Å². The van der Waals surface area contributed by atoms with E-state index in [4.69, 9.17) is 9.47 Å². The molecule has 0 aromatic heterocycles. The molecule has 3 aliphatic rings. The molecule has 5 atom stereocenters. The number of rotatable bonds is 2. The number of carbonyl (C=O) groups excluding carboxylic acids is 1. The third-order valence-corrected chi connectivity index (χ3v) is 5.44. The quantitative estimate of drug-likeness (QED) is 0.568. The van der Waals surface area contributed by atoms with Gasteiger partial charge in [-0.25, -0.2) is 0 Å². The molecule has 2 aliphatic carbocycles. The molecule has 1 aliphatic heterocycles. The first kappa shape index (κ1) is 14.2. The molecule has 3 rings (SSSR count). The molecule has 1 saturated heterocycles. The Morgan fingerprint density at radius 2 is 2.19 bits per heavy atom. The van der Waals surface area contributed by atoms with Crippen molar-refractivity contribution in [2.24, 2.45) is 22.7 Å². The lowest BCUT2D eigenvalue weighted by Gasteiger charge is -2.36. The van der Waals surface area contributed by atoms with E-state index in [-0.39, 0.29) is 23.2 Å². The number of allylic oxidation sites excluding steroid dienone is 1. The minimum atomic E-state index is -0.985. The van der Waals surface area contributed by atoms with Crippen LogP contribution in [0.4, 0.5) is 0 Å². The van der Waals surface area contributed by atoms with Gasteiger partial charge in [-0.1, -0.05) is 20.8 Å². The lowest BCUT2D eigenvalue weighted by molar-refractivity contribution is -0.370. The first-order valence-electron chi connectivity index (χ1n) is 7.38. The smallest absolute Gasteiger partial charge is 0.327 e. The first-order chi connectivity index (χ1) is 9.70. The molecule has 114 valence electrons. The van der Waals surface area contributed by atoms with Crippen LogP contribution in [0.2, 0.25) is 0 Å². The highest BCUT2D eigenvalue weighted by Crippen LogP contribution is 2.62. The molecule has 2 bridgehead atoms. The summed E-state index contributed by atoms with van der Waals surface area (Å²) in [4.78, 5) is 12.0. The Kier molecular flexibility index (Phi) is 2.82. The highest BCUT2D eigenvalue weighted by molar-refractivity contribution is 5.84. The fourth-order valence-electron chi connectivity index (χ4n) is 3.81. The van der Waals surface area contributed by atoms with Crippen molar-refractivity contribution in [3.8, 4) is 6.07 Å². The molecule has 5 unspecified atom stereocenters. The number of ether oxygens (including phenoxy) is 2. The standard InChI is InChI=1S/C16H21NO4/c1-8(15(2,3)4)13(18)20-11-9-5-10-12(11)21-14(19)16(10,6-9)7-17/h9-12,18H,5-6H2,1-4H3/p-1. The maximum atomic E-state index is 12.3. The van der Waals surface area contributed by atoms with E-state index < -0.39 is 23.6 Å². The molecule has 1 heterocycles. The van der Waals surface area contributed by atoms with Gasteiger partial charge in [-0.2, -0.15) is 5.26 Å². The predicted molar refractivity (Wildman–Crippen MR) is 71.2 cm³/mol. The number of hydrogen-bond donors (Lipinski definition) is 0. The normalized spacial score (nSPS) is 41.6. The number of hydrogen-bond acceptors (Lipinski definition) is 5. The van der Waals surface area contributed by atoms with E-state index in [1.54, 1.807) is 6.92 Å². The van der Waals surface area contributed by atoms with Crippen LogP contribution in [-0.2, 0) is 14.3 Å². The van der Waals surface area contributed by atoms with Gasteiger partial charge in [-0.3, -0.25) is 4.79 Å². The zero-order valence-electron chi connectivity index (χ0n) is 12.8. The Morgan fingerprint density at radius 1 is 1.52 bits per heavy atom. The topological polar surface area (TPSA) is 82.4 Å². The minimum Gasteiger partial charge on any atom is -0.606 e. The molecule has 0 N–H and O–H groups in total. The molecule has 0 aromatic carbocycles. The summed E-state index contributed by atoms with van der Waals surface area (Å²) >= 11 is 0. The van der Waals surface area contributed by atoms with Crippen LogP contribution in [0.15, 0.2) is 11.5 Å². The number of nitriles is 1. The summed E-state index contributed by atoms with van der Waals surface area (Å²) in [5, 5.41) is 21.6. The highest BCUT2D eigenvalue weighted by Gasteiger charge is 2.70. The largest absolute Gasteiger partial charge is 0.606 e. The Morgan fingerprint density at radius 3 is 2.76 bits per heavy atom. The molecule has 0 spiro atoms. The van der Waals surface area contributed by atoms with Gasteiger partial charge in [0.05, 0.1) is 12.0 Å². The molecule has 5 heteroatoms. The lowest BCUT2D eigenvalue weighted by Crippen LogP contribution is -2.40. The molecular formula is C16H20NO4-. The average molecular weight is 290 g/mol. The van der Waals surface area contributed by atoms with Gasteiger partial charge < -0.3 is 14.6 Å². The van der Waals surface area contributed by atoms with Crippen LogP contribution in [0.3, 0.4) is 0 Å². The van der Waals surface area contributed by atoms with Crippen molar-refractivity contribution in [3.63, 3.8) is 0 Å². The van der Waals surface area contributed by atoms with Gasteiger partial charge in [0.25, 0.3) is 0 Å². The zero-order chi connectivity index (χ0) is 15.6. The highest BCUT2D eigenvalue weighted by atomic mass is 16.6. The second kappa shape index (κ2) is 4.16. The van der Waals surface area contributed by atoms with E-state index in [1.165, 1.54) is 0 Å². The molecule has 0 radical (unpaired) electrons. The van der Waals surface area contributed by atoms with Crippen molar-refractivity contribution < 1.29 is 19.4 Å². The van der Waals surface area contributed by atoms with Gasteiger partial charge in [0, 0.05) is 12.0 Å². The van der Waals surface area contributed by atoms with Gasteiger partial charge in [-0.05, 0) is 36.7 Å². The van der Waals surface area contributed by atoms with E-state index >= 15 is 0 Å². The van der Waals surface area contributed by atoms with Crippen molar-refractivity contribution in [2.75, 3.05) is 0 Å². The van der Waals surface area contributed by atoms with Crippen LogP contribution in [-0.4, -0.2) is 18.2 Å². The van der Waals surface area contributed by atoms with Crippen molar-refractivity contribution in [1.82, 2.24) is 0 Å². The third-order valence-electron chi connectivity index (χ3n) is 5.44. The molecule has 3 fully saturated rings. The molecule has 5 nitrogen and oxygen atoms in total. The Balaban J connectivity index is 1.83. The summed E-state index contributed by atoms with van der Waals surface area (Å²) in [6.45, 7) is 7.65. The van der Waals surface area contributed by atoms with Crippen LogP contribution in [0, 0.1) is 34.0 Å². The van der Waals surface area contributed by atoms with E-state index in [0.717, 1.165) is 6.42 Å². The lowest BCUT2D eigenvalue weighted by atomic mass is 9.74. The summed E-state index contributed by atoms with van der Waals surface area (Å²) in [7, 11) is 0. The maximum absolute atomic E-state index is 12.3. The number of carbonyl (C=O) groups is 1.